The number of ether oxygens (including phenoxy) is 1. The van der Waals surface area contributed by atoms with Crippen molar-refractivity contribution < 1.29 is 4.74 Å². The molecule has 3 aliphatic heterocycles. The summed E-state index contributed by atoms with van der Waals surface area (Å²) >= 11 is 1.91. The molecule has 4 rings (SSSR count). The van der Waals surface area contributed by atoms with Crippen molar-refractivity contribution in [2.24, 2.45) is 0 Å². The Morgan fingerprint density at radius 3 is 2.38 bits per heavy atom. The number of hydrogen-bond acceptors (Lipinski definition) is 4. The Hall–Kier alpha value is -1.39. The minimum Gasteiger partial charge on any atom is -0.377 e. The van der Waals surface area contributed by atoms with E-state index in [1.54, 1.807) is 0 Å². The van der Waals surface area contributed by atoms with Crippen LogP contribution >= 0.6 is 11.8 Å². The van der Waals surface area contributed by atoms with Crippen molar-refractivity contribution in [1.82, 2.24) is 0 Å². The van der Waals surface area contributed by atoms with Crippen LogP contribution in [0, 0.1) is 0 Å². The first-order chi connectivity index (χ1) is 14.3. The van der Waals surface area contributed by atoms with Crippen molar-refractivity contribution >= 4 is 35.3 Å². The molecular formula is C25H36N2OS. The lowest BCUT2D eigenvalue weighted by molar-refractivity contribution is 0.0728. The van der Waals surface area contributed by atoms with Crippen LogP contribution in [0.15, 0.2) is 23.1 Å². The van der Waals surface area contributed by atoms with Gasteiger partial charge in [-0.2, -0.15) is 0 Å². The largest absolute Gasteiger partial charge is 0.377 e. The molecule has 1 aromatic carbocycles. The van der Waals surface area contributed by atoms with Crippen molar-refractivity contribution in [3.05, 3.63) is 29.3 Å². The quantitative estimate of drug-likeness (QED) is 0.469. The zero-order valence-electron chi connectivity index (χ0n) is 18.0. The fourth-order valence-corrected chi connectivity index (χ4v) is 5.65. The van der Waals surface area contributed by atoms with E-state index in [9.17, 15) is 0 Å². The van der Waals surface area contributed by atoms with Crippen molar-refractivity contribution in [3.63, 3.8) is 0 Å². The monoisotopic (exact) mass is 412 g/mol. The molecule has 1 fully saturated rings. The van der Waals surface area contributed by atoms with Crippen LogP contribution in [0.5, 0.6) is 0 Å². The lowest BCUT2D eigenvalue weighted by Crippen LogP contribution is -2.26. The van der Waals surface area contributed by atoms with E-state index >= 15 is 0 Å². The van der Waals surface area contributed by atoms with Gasteiger partial charge in [0.25, 0.3) is 0 Å². The van der Waals surface area contributed by atoms with Gasteiger partial charge in [0.1, 0.15) is 5.44 Å². The summed E-state index contributed by atoms with van der Waals surface area (Å²) in [6.07, 6.45) is 20.4. The number of hydrogen-bond donors (Lipinski definition) is 2. The zero-order chi connectivity index (χ0) is 20.1. The van der Waals surface area contributed by atoms with Crippen LogP contribution in [0.25, 0.3) is 12.2 Å². The Morgan fingerprint density at radius 1 is 0.966 bits per heavy atom. The van der Waals surface area contributed by atoms with E-state index < -0.39 is 0 Å². The van der Waals surface area contributed by atoms with E-state index in [0.717, 1.165) is 13.0 Å². The highest BCUT2D eigenvalue weighted by Crippen LogP contribution is 2.45. The maximum Gasteiger partial charge on any atom is 0.107 e. The molecule has 3 nitrogen and oxygen atoms in total. The smallest absolute Gasteiger partial charge is 0.107 e. The molecule has 4 heteroatoms. The van der Waals surface area contributed by atoms with Crippen molar-refractivity contribution in [2.45, 2.75) is 94.1 Å². The molecule has 29 heavy (non-hydrogen) atoms. The number of benzene rings is 1. The molecule has 0 aliphatic carbocycles. The lowest BCUT2D eigenvalue weighted by atomic mass is 9.95. The van der Waals surface area contributed by atoms with Gasteiger partial charge in [0.05, 0.1) is 11.4 Å². The van der Waals surface area contributed by atoms with Crippen LogP contribution in [0.4, 0.5) is 11.4 Å². The maximum absolute atomic E-state index is 6.04. The number of unbranched alkanes of at least 4 members (excludes halogenated alkanes) is 2. The normalized spacial score (nSPS) is 25.1. The minimum atomic E-state index is 0.287. The molecule has 3 atom stereocenters. The van der Waals surface area contributed by atoms with E-state index in [1.165, 1.54) is 78.8 Å². The summed E-state index contributed by atoms with van der Waals surface area (Å²) in [5.41, 5.74) is 5.54. The molecule has 0 aromatic heterocycles. The highest BCUT2D eigenvalue weighted by Gasteiger charge is 2.26. The predicted molar refractivity (Wildman–Crippen MR) is 128 cm³/mol. The molecule has 0 saturated carbocycles. The molecular weight excluding hydrogens is 376 g/mol. The second kappa shape index (κ2) is 10.1. The van der Waals surface area contributed by atoms with Gasteiger partial charge in [-0.05, 0) is 38.2 Å². The number of fused-ring (bicyclic) bond motifs is 3. The van der Waals surface area contributed by atoms with Crippen LogP contribution < -0.4 is 10.6 Å². The van der Waals surface area contributed by atoms with Gasteiger partial charge in [-0.3, -0.25) is 0 Å². The fraction of sp³-hybridized carbons (Fsp3) is 0.600. The Morgan fingerprint density at radius 2 is 1.69 bits per heavy atom. The van der Waals surface area contributed by atoms with Crippen LogP contribution in [-0.4, -0.2) is 24.1 Å². The Balaban J connectivity index is 1.63. The molecule has 0 amide bonds. The molecule has 1 aromatic rings. The first-order valence-corrected chi connectivity index (χ1v) is 12.5. The van der Waals surface area contributed by atoms with Gasteiger partial charge in [-0.1, -0.05) is 75.6 Å². The number of thioether (sulfide) groups is 1. The van der Waals surface area contributed by atoms with Gasteiger partial charge in [-0.15, -0.1) is 0 Å². The van der Waals surface area contributed by atoms with Gasteiger partial charge < -0.3 is 15.4 Å². The van der Waals surface area contributed by atoms with Crippen molar-refractivity contribution in [3.8, 4) is 0 Å². The molecule has 0 bridgehead atoms. The highest BCUT2D eigenvalue weighted by atomic mass is 32.2. The van der Waals surface area contributed by atoms with E-state index in [2.05, 4.69) is 54.9 Å². The van der Waals surface area contributed by atoms with Crippen LogP contribution in [0.3, 0.4) is 0 Å². The summed E-state index contributed by atoms with van der Waals surface area (Å²) in [5.74, 6) is 0. The third-order valence-corrected chi connectivity index (χ3v) is 7.38. The first kappa shape index (κ1) is 20.9. The van der Waals surface area contributed by atoms with Crippen LogP contribution in [0.2, 0.25) is 0 Å². The molecule has 3 unspecified atom stereocenters. The maximum atomic E-state index is 6.04. The predicted octanol–water partition coefficient (Wildman–Crippen LogP) is 7.30. The average molecular weight is 413 g/mol. The number of anilines is 2. The van der Waals surface area contributed by atoms with Crippen molar-refractivity contribution in [1.29, 1.82) is 0 Å². The van der Waals surface area contributed by atoms with Crippen LogP contribution in [-0.2, 0) is 4.74 Å². The summed E-state index contributed by atoms with van der Waals surface area (Å²) in [6.45, 7) is 5.44. The topological polar surface area (TPSA) is 33.3 Å². The van der Waals surface area contributed by atoms with E-state index in [0.29, 0.717) is 12.1 Å². The van der Waals surface area contributed by atoms with E-state index in [-0.39, 0.29) is 5.44 Å². The average Bonchev–Trinajstić information content (AvgIpc) is 2.77. The Labute approximate surface area is 180 Å². The SMILES string of the molecule is CCCCC1C=Cc2cc(SC3CCCCO3)c3c(c2N1)NC(CCCC)C=C3. The third kappa shape index (κ3) is 5.03. The molecule has 158 valence electrons. The molecule has 0 radical (unpaired) electrons. The standard InChI is InChI=1S/C25H36N2OS/c1-3-5-9-19-13-12-18-17-22(29-23-11-7-8-16-28-23)21-15-14-20(10-6-4-2)27-25(21)24(18)26-19/h12-15,17,19-20,23,26-27H,3-11,16H2,1-2H3. The van der Waals surface area contributed by atoms with Gasteiger partial charge >= 0.3 is 0 Å². The number of nitrogens with one attached hydrogen (secondary N) is 2. The zero-order valence-corrected chi connectivity index (χ0v) is 18.8. The lowest BCUT2D eigenvalue weighted by Gasteiger charge is -2.32. The van der Waals surface area contributed by atoms with E-state index in [1.807, 2.05) is 11.8 Å². The van der Waals surface area contributed by atoms with Gasteiger partial charge in [0.15, 0.2) is 0 Å². The molecule has 0 spiro atoms. The minimum absolute atomic E-state index is 0.287. The van der Waals surface area contributed by atoms with Crippen molar-refractivity contribution in [2.75, 3.05) is 17.2 Å². The first-order valence-electron chi connectivity index (χ1n) is 11.7. The Bertz CT molecular complexity index is 752. The van der Waals surface area contributed by atoms with Gasteiger partial charge in [0, 0.05) is 34.7 Å². The second-order valence-corrected chi connectivity index (χ2v) is 9.75. The van der Waals surface area contributed by atoms with Gasteiger partial charge in [0.2, 0.25) is 0 Å². The summed E-state index contributed by atoms with van der Waals surface area (Å²) in [4.78, 5) is 1.35. The summed E-state index contributed by atoms with van der Waals surface area (Å²) in [7, 11) is 0. The summed E-state index contributed by atoms with van der Waals surface area (Å²) < 4.78 is 6.04. The molecule has 3 aliphatic rings. The van der Waals surface area contributed by atoms with E-state index in [4.69, 9.17) is 4.74 Å². The summed E-state index contributed by atoms with van der Waals surface area (Å²) in [5, 5.41) is 7.72. The fourth-order valence-electron chi connectivity index (χ4n) is 4.42. The molecule has 3 heterocycles. The van der Waals surface area contributed by atoms with Crippen LogP contribution in [0.1, 0.15) is 82.8 Å². The molecule has 1 saturated heterocycles. The number of rotatable bonds is 8. The summed E-state index contributed by atoms with van der Waals surface area (Å²) in [6, 6.07) is 3.24. The second-order valence-electron chi connectivity index (χ2n) is 8.55. The Kier molecular flexibility index (Phi) is 7.25. The third-order valence-electron chi connectivity index (χ3n) is 6.16. The van der Waals surface area contributed by atoms with Gasteiger partial charge in [-0.25, -0.2) is 0 Å². The molecule has 2 N–H and O–H groups in total. The highest BCUT2D eigenvalue weighted by molar-refractivity contribution is 7.99.